The highest BCUT2D eigenvalue weighted by molar-refractivity contribution is 5.97. The minimum absolute atomic E-state index is 0.0223. The van der Waals surface area contributed by atoms with E-state index in [4.69, 9.17) is 23.9 Å². The Balaban J connectivity index is 0.712. The Kier molecular flexibility index (Phi) is 24.4. The first-order valence-electron chi connectivity index (χ1n) is 35.5. The number of carbonyl (C=O) groups excluding carboxylic acids is 11. The number of esters is 2. The first-order valence-corrected chi connectivity index (χ1v) is 35.5. The van der Waals surface area contributed by atoms with Gasteiger partial charge in [-0.2, -0.15) is 0 Å². The van der Waals surface area contributed by atoms with Gasteiger partial charge in [-0.15, -0.1) is 0 Å². The molecule has 562 valence electrons. The molecule has 0 radical (unpaired) electrons. The van der Waals surface area contributed by atoms with Crippen LogP contribution in [0, 0.1) is 12.7 Å². The van der Waals surface area contributed by atoms with Gasteiger partial charge in [0.2, 0.25) is 41.4 Å². The van der Waals surface area contributed by atoms with Crippen molar-refractivity contribution in [2.45, 2.75) is 180 Å². The Bertz CT molecular complexity index is 4450. The van der Waals surface area contributed by atoms with Crippen molar-refractivity contribution in [3.05, 3.63) is 157 Å². The van der Waals surface area contributed by atoms with E-state index in [-0.39, 0.29) is 94.3 Å². The van der Waals surface area contributed by atoms with Crippen LogP contribution in [0.5, 0.6) is 0 Å². The first-order chi connectivity index (χ1) is 50.4. The summed E-state index contributed by atoms with van der Waals surface area (Å²) < 4.78 is 38.8. The lowest BCUT2D eigenvalue weighted by Crippen LogP contribution is -2.55. The molecule has 6 aromatic rings. The number of alkyl carbamates (subject to hydrolysis) is 2. The molecule has 0 saturated heterocycles. The fourth-order valence-electron chi connectivity index (χ4n) is 13.7. The van der Waals surface area contributed by atoms with Crippen LogP contribution in [0.2, 0.25) is 0 Å². The topological polar surface area (TPSA) is 388 Å². The third kappa shape index (κ3) is 18.7. The molecule has 106 heavy (non-hydrogen) atoms. The maximum atomic E-state index is 15.5. The van der Waals surface area contributed by atoms with E-state index in [1.54, 1.807) is 91.8 Å². The van der Waals surface area contributed by atoms with E-state index in [0.29, 0.717) is 63.8 Å². The molecule has 0 unspecified atom stereocenters. The van der Waals surface area contributed by atoms with E-state index in [0.717, 1.165) is 27.8 Å². The number of unbranched alkanes of at least 4 members (excludes halogenated alkanes) is 1. The first kappa shape index (κ1) is 77.5. The van der Waals surface area contributed by atoms with Crippen LogP contribution < -0.4 is 53.4 Å². The molecule has 10 N–H and O–H groups in total. The Morgan fingerprint density at radius 2 is 1.31 bits per heavy atom. The smallest absolute Gasteiger partial charge is 0.407 e. The highest BCUT2D eigenvalue weighted by Gasteiger charge is 2.46. The zero-order chi connectivity index (χ0) is 76.4. The number of ether oxygens (including phenoxy) is 4. The number of hydrogen-bond donors (Lipinski definition) is 10. The molecule has 0 spiro atoms. The zero-order valence-electron chi connectivity index (χ0n) is 60.5. The quantitative estimate of drug-likeness (QED) is 0.0159. The maximum absolute atomic E-state index is 15.5. The van der Waals surface area contributed by atoms with Crippen LogP contribution in [0.15, 0.2) is 95.8 Å². The number of nitrogens with zero attached hydrogens (tertiary/aromatic N) is 2. The van der Waals surface area contributed by atoms with Gasteiger partial charge in [0.15, 0.2) is 5.60 Å². The predicted octanol–water partition coefficient (Wildman–Crippen LogP) is 5.42. The summed E-state index contributed by atoms with van der Waals surface area (Å²) in [6, 6.07) is 22.1. The van der Waals surface area contributed by atoms with Gasteiger partial charge in [-0.25, -0.2) is 23.8 Å². The number of fused-ring (bicyclic) bond motifs is 8. The molecule has 28 nitrogen and oxygen atoms in total. The molecule has 4 aromatic carbocycles. The van der Waals surface area contributed by atoms with Gasteiger partial charge in [-0.05, 0) is 144 Å². The fourth-order valence-corrected chi connectivity index (χ4v) is 13.7. The molecule has 4 heterocycles. The SMILES string of the molecule is CC[C@@]1(O)C(=O)OCc2c1cc1n(c2=O)Cc2c-1nc1cc(F)c(C)c3c1c2[C@@H](NC(=O)CCCNC(=O)CNC(=O)[C@H](Cc1ccccc1)NC(=O)CNC(=O)CNC(=O)[C@H](CC(=O)OC(C)(C)C)NC(=O)[C@H](CCCCNC(=O)OC(C)(C)C)NC(=O)OCC1c2ccccc2-c2ccccc21)CC3. The minimum atomic E-state index is -2.07. The van der Waals surface area contributed by atoms with Crippen molar-refractivity contribution in [2.24, 2.45) is 0 Å². The lowest BCUT2D eigenvalue weighted by molar-refractivity contribution is -0.172. The highest BCUT2D eigenvalue weighted by atomic mass is 19.1. The van der Waals surface area contributed by atoms with Gasteiger partial charge in [0.05, 0.1) is 61.1 Å². The number of aromatic nitrogens is 2. The average Bonchev–Trinajstić information content (AvgIpc) is 1.51. The molecule has 0 fully saturated rings. The van der Waals surface area contributed by atoms with Crippen LogP contribution in [0.1, 0.15) is 162 Å². The Hall–Kier alpha value is -11.1. The number of cyclic esters (lactones) is 1. The average molecular weight is 1460 g/mol. The van der Waals surface area contributed by atoms with Crippen molar-refractivity contribution < 1.29 is 81.2 Å². The summed E-state index contributed by atoms with van der Waals surface area (Å²) in [5.74, 6) is -7.90. The van der Waals surface area contributed by atoms with E-state index in [1.807, 2.05) is 48.5 Å². The number of pyridine rings is 2. The summed E-state index contributed by atoms with van der Waals surface area (Å²) in [4.78, 5) is 167. The van der Waals surface area contributed by atoms with Gasteiger partial charge < -0.3 is 76.5 Å². The van der Waals surface area contributed by atoms with Crippen LogP contribution in [0.4, 0.5) is 14.0 Å². The zero-order valence-corrected chi connectivity index (χ0v) is 60.5. The number of halogens is 1. The molecule has 2 aromatic heterocycles. The Labute approximate surface area is 611 Å². The molecule has 10 rings (SSSR count). The molecule has 2 aliphatic heterocycles. The molecular weight excluding hydrogens is 1370 g/mol. The number of aliphatic hydroxyl groups is 1. The number of nitrogens with one attached hydrogen (secondary N) is 9. The summed E-state index contributed by atoms with van der Waals surface area (Å²) in [5.41, 5.74) is 3.96. The normalized spacial score (nSPS) is 16.1. The second-order valence-electron chi connectivity index (χ2n) is 28.7. The van der Waals surface area contributed by atoms with Gasteiger partial charge in [0.1, 0.15) is 48.4 Å². The van der Waals surface area contributed by atoms with Crippen LogP contribution in [-0.4, -0.2) is 149 Å². The molecule has 9 amide bonds. The lowest BCUT2D eigenvalue weighted by Gasteiger charge is -2.31. The standard InChI is InChI=1S/C77H90FN11O17/c1-9-77(102)52-33-59-67-49(39-89(59)71(98)51(52)41-103-72(77)99)66-54(29-28-44-42(2)53(78)34-56(86-67)65(44)66)84-60(90)27-19-31-79-61(91)36-82-68(95)57(32-43-20-11-10-12-21-43)85-63(93)38-81-62(92)37-83-69(96)58(35-64(94)105-75(3,4)5)87-70(97)55(26-17-18-30-80-73(100)106-76(6,7)8)88-74(101)104-40-50-47-24-15-13-22-45(47)46-23-14-16-25-48(46)50/h10-16,20-25,33-34,50,54-55,57-58,102H,9,17-19,26-32,35-41H2,1-8H3,(H,79,91)(H,80,100)(H,81,92)(H,82,95)(H,83,96)(H,84,90)(H,85,93)(H,87,97)(H,88,101)/t54-,55-,57-,58-,77-/m0/s1. The van der Waals surface area contributed by atoms with Crippen LogP contribution in [0.25, 0.3) is 33.4 Å². The molecule has 0 saturated carbocycles. The summed E-state index contributed by atoms with van der Waals surface area (Å²) >= 11 is 0. The van der Waals surface area contributed by atoms with Gasteiger partial charge in [0.25, 0.3) is 5.56 Å². The summed E-state index contributed by atoms with van der Waals surface area (Å²) in [7, 11) is 0. The Morgan fingerprint density at radius 3 is 1.98 bits per heavy atom. The van der Waals surface area contributed by atoms with Crippen molar-refractivity contribution in [1.82, 2.24) is 57.4 Å². The van der Waals surface area contributed by atoms with Crippen LogP contribution in [0.3, 0.4) is 0 Å². The number of hydrogen-bond acceptors (Lipinski definition) is 18. The number of carbonyl (C=O) groups is 11. The van der Waals surface area contributed by atoms with Crippen molar-refractivity contribution in [3.63, 3.8) is 0 Å². The Morgan fingerprint density at radius 1 is 0.679 bits per heavy atom. The highest BCUT2D eigenvalue weighted by Crippen LogP contribution is 2.47. The van der Waals surface area contributed by atoms with Gasteiger partial charge in [0, 0.05) is 54.4 Å². The van der Waals surface area contributed by atoms with Gasteiger partial charge in [-0.3, -0.25) is 43.2 Å². The third-order valence-corrected chi connectivity index (χ3v) is 18.8. The number of aryl methyl sites for hydroxylation is 1. The van der Waals surface area contributed by atoms with E-state index >= 15 is 4.39 Å². The fraction of sp³-hybridized carbons (Fsp3) is 0.442. The second kappa shape index (κ2) is 33.3. The third-order valence-electron chi connectivity index (χ3n) is 18.8. The molecule has 4 aliphatic rings. The van der Waals surface area contributed by atoms with Crippen molar-refractivity contribution in [3.8, 4) is 22.5 Å². The number of amides is 9. The maximum Gasteiger partial charge on any atom is 0.407 e. The second-order valence-corrected chi connectivity index (χ2v) is 28.7. The summed E-state index contributed by atoms with van der Waals surface area (Å²) in [6.07, 6.45) is -0.926. The summed E-state index contributed by atoms with van der Waals surface area (Å²) in [5, 5.41) is 35.6. The largest absolute Gasteiger partial charge is 0.460 e. The van der Waals surface area contributed by atoms with E-state index in [9.17, 15) is 62.6 Å². The molecule has 29 heteroatoms. The minimum Gasteiger partial charge on any atom is -0.460 e. The monoisotopic (exact) mass is 1460 g/mol. The van der Waals surface area contributed by atoms with Gasteiger partial charge >= 0.3 is 24.1 Å². The molecular formula is C77H90FN11O17. The van der Waals surface area contributed by atoms with Crippen molar-refractivity contribution >= 4 is 76.4 Å². The predicted molar refractivity (Wildman–Crippen MR) is 384 cm³/mol. The van der Waals surface area contributed by atoms with Crippen LogP contribution in [-0.2, 0) is 93.7 Å². The number of benzene rings is 4. The van der Waals surface area contributed by atoms with Crippen molar-refractivity contribution in [2.75, 3.05) is 39.3 Å². The summed E-state index contributed by atoms with van der Waals surface area (Å²) in [6.45, 7) is 11.1. The van der Waals surface area contributed by atoms with Crippen LogP contribution >= 0.6 is 0 Å². The molecule has 2 aliphatic carbocycles. The number of rotatable bonds is 29. The van der Waals surface area contributed by atoms with Gasteiger partial charge in [-0.1, -0.05) is 85.8 Å². The van der Waals surface area contributed by atoms with E-state index < -0.39 is 138 Å². The molecule has 0 bridgehead atoms. The van der Waals surface area contributed by atoms with E-state index in [1.165, 1.54) is 10.6 Å². The lowest BCUT2D eigenvalue weighted by atomic mass is 9.81. The van der Waals surface area contributed by atoms with E-state index in [2.05, 4.69) is 47.9 Å². The molecule has 5 atom stereocenters. The van der Waals surface area contributed by atoms with Crippen molar-refractivity contribution in [1.29, 1.82) is 0 Å².